The maximum atomic E-state index is 13.2. The second kappa shape index (κ2) is 3.58. The number of hydrogen-bond acceptors (Lipinski definition) is 1. The van der Waals surface area contributed by atoms with Gasteiger partial charge < -0.3 is 4.90 Å². The number of likely N-dealkylation sites (tertiary alicyclic amines) is 1. The SMILES string of the molecule is O=C(c1cc(Cl)ccc1F)N1CCC1. The van der Waals surface area contributed by atoms with Gasteiger partial charge in [-0.2, -0.15) is 0 Å². The molecule has 1 amide bonds. The number of nitrogens with zero attached hydrogens (tertiary/aromatic N) is 1. The van der Waals surface area contributed by atoms with Crippen LogP contribution in [0.25, 0.3) is 0 Å². The van der Waals surface area contributed by atoms with Crippen LogP contribution in [0.5, 0.6) is 0 Å². The Morgan fingerprint density at radius 2 is 2.14 bits per heavy atom. The van der Waals surface area contributed by atoms with Crippen LogP contribution in [-0.2, 0) is 0 Å². The minimum atomic E-state index is -0.508. The van der Waals surface area contributed by atoms with Gasteiger partial charge in [-0.15, -0.1) is 0 Å². The van der Waals surface area contributed by atoms with Crippen LogP contribution in [0.15, 0.2) is 18.2 Å². The Morgan fingerprint density at radius 1 is 1.43 bits per heavy atom. The third-order valence-electron chi connectivity index (χ3n) is 2.30. The molecule has 14 heavy (non-hydrogen) atoms. The van der Waals surface area contributed by atoms with Gasteiger partial charge in [0.25, 0.3) is 5.91 Å². The van der Waals surface area contributed by atoms with Crippen molar-refractivity contribution < 1.29 is 9.18 Å². The van der Waals surface area contributed by atoms with Gasteiger partial charge in [-0.1, -0.05) is 11.6 Å². The summed E-state index contributed by atoms with van der Waals surface area (Å²) in [4.78, 5) is 13.2. The number of amides is 1. The molecule has 0 bridgehead atoms. The molecule has 0 N–H and O–H groups in total. The zero-order chi connectivity index (χ0) is 10.1. The number of carbonyl (C=O) groups excluding carboxylic acids is 1. The molecule has 0 radical (unpaired) electrons. The molecule has 1 aromatic rings. The largest absolute Gasteiger partial charge is 0.338 e. The minimum Gasteiger partial charge on any atom is -0.338 e. The van der Waals surface area contributed by atoms with E-state index in [9.17, 15) is 9.18 Å². The molecule has 74 valence electrons. The van der Waals surface area contributed by atoms with Crippen LogP contribution < -0.4 is 0 Å². The van der Waals surface area contributed by atoms with Gasteiger partial charge in [0.15, 0.2) is 0 Å². The van der Waals surface area contributed by atoms with E-state index in [1.54, 1.807) is 4.90 Å². The highest BCUT2D eigenvalue weighted by molar-refractivity contribution is 6.31. The first kappa shape index (κ1) is 9.46. The van der Waals surface area contributed by atoms with Crippen molar-refractivity contribution >= 4 is 17.5 Å². The number of halogens is 2. The summed E-state index contributed by atoms with van der Waals surface area (Å²) >= 11 is 5.69. The first-order valence-corrected chi connectivity index (χ1v) is 4.80. The first-order chi connectivity index (χ1) is 6.68. The fraction of sp³-hybridized carbons (Fsp3) is 0.300. The summed E-state index contributed by atoms with van der Waals surface area (Å²) in [5.74, 6) is -0.775. The summed E-state index contributed by atoms with van der Waals surface area (Å²) in [6.07, 6.45) is 0.994. The fourth-order valence-electron chi connectivity index (χ4n) is 1.35. The average Bonchev–Trinajstić information content (AvgIpc) is 2.06. The Balaban J connectivity index is 2.29. The van der Waals surface area contributed by atoms with Crippen LogP contribution in [0, 0.1) is 5.82 Å². The van der Waals surface area contributed by atoms with Crippen molar-refractivity contribution in [2.24, 2.45) is 0 Å². The predicted molar refractivity (Wildman–Crippen MR) is 51.9 cm³/mol. The minimum absolute atomic E-state index is 0.0669. The van der Waals surface area contributed by atoms with Gasteiger partial charge in [0, 0.05) is 18.1 Å². The molecule has 0 unspecified atom stereocenters. The lowest BCUT2D eigenvalue weighted by Gasteiger charge is -2.31. The van der Waals surface area contributed by atoms with Gasteiger partial charge in [0.2, 0.25) is 0 Å². The monoisotopic (exact) mass is 213 g/mol. The molecule has 4 heteroatoms. The van der Waals surface area contributed by atoms with E-state index < -0.39 is 5.82 Å². The lowest BCUT2D eigenvalue weighted by molar-refractivity contribution is 0.0647. The summed E-state index contributed by atoms with van der Waals surface area (Å²) in [5.41, 5.74) is 0.0669. The van der Waals surface area contributed by atoms with Crippen molar-refractivity contribution in [2.75, 3.05) is 13.1 Å². The van der Waals surface area contributed by atoms with Gasteiger partial charge in [-0.3, -0.25) is 4.79 Å². The summed E-state index contributed by atoms with van der Waals surface area (Å²) in [6, 6.07) is 4.02. The Kier molecular flexibility index (Phi) is 2.42. The Labute approximate surface area is 86.3 Å². The maximum Gasteiger partial charge on any atom is 0.256 e. The molecule has 0 spiro atoms. The van der Waals surface area contributed by atoms with Crippen LogP contribution in [-0.4, -0.2) is 23.9 Å². The highest BCUT2D eigenvalue weighted by atomic mass is 35.5. The molecule has 1 heterocycles. The molecule has 1 fully saturated rings. The lowest BCUT2D eigenvalue weighted by Crippen LogP contribution is -2.42. The summed E-state index contributed by atoms with van der Waals surface area (Å²) < 4.78 is 13.2. The van der Waals surface area contributed by atoms with Gasteiger partial charge in [-0.05, 0) is 24.6 Å². The van der Waals surface area contributed by atoms with Crippen LogP contribution in [0.2, 0.25) is 5.02 Å². The van der Waals surface area contributed by atoms with Gasteiger partial charge in [0.1, 0.15) is 5.82 Å². The average molecular weight is 214 g/mol. The van der Waals surface area contributed by atoms with Gasteiger partial charge in [-0.25, -0.2) is 4.39 Å². The van der Waals surface area contributed by atoms with E-state index in [2.05, 4.69) is 0 Å². The molecule has 1 aromatic carbocycles. The third-order valence-corrected chi connectivity index (χ3v) is 2.54. The molecule has 1 aliphatic rings. The smallest absolute Gasteiger partial charge is 0.256 e. The molecule has 2 nitrogen and oxygen atoms in total. The van der Waals surface area contributed by atoms with Gasteiger partial charge in [0.05, 0.1) is 5.56 Å². The Hall–Kier alpha value is -1.09. The van der Waals surface area contributed by atoms with Crippen molar-refractivity contribution in [3.8, 4) is 0 Å². The zero-order valence-corrected chi connectivity index (χ0v) is 8.22. The fourth-order valence-corrected chi connectivity index (χ4v) is 1.52. The highest BCUT2D eigenvalue weighted by Gasteiger charge is 2.23. The molecular formula is C10H9ClFNO. The zero-order valence-electron chi connectivity index (χ0n) is 7.46. The lowest BCUT2D eigenvalue weighted by atomic mass is 10.1. The molecule has 0 aliphatic carbocycles. The van der Waals surface area contributed by atoms with Crippen molar-refractivity contribution in [2.45, 2.75) is 6.42 Å². The van der Waals surface area contributed by atoms with Crippen molar-refractivity contribution in [1.29, 1.82) is 0 Å². The standard InChI is InChI=1S/C10H9ClFNO/c11-7-2-3-9(12)8(6-7)10(14)13-4-1-5-13/h2-3,6H,1,4-5H2. The predicted octanol–water partition coefficient (Wildman–Crippen LogP) is 2.33. The highest BCUT2D eigenvalue weighted by Crippen LogP contribution is 2.19. The molecular weight excluding hydrogens is 205 g/mol. The molecule has 0 atom stereocenters. The topological polar surface area (TPSA) is 20.3 Å². The summed E-state index contributed by atoms with van der Waals surface area (Å²) in [6.45, 7) is 1.43. The van der Waals surface area contributed by atoms with Gasteiger partial charge >= 0.3 is 0 Å². The second-order valence-corrected chi connectivity index (χ2v) is 3.71. The quantitative estimate of drug-likeness (QED) is 0.701. The number of rotatable bonds is 1. The molecule has 0 aromatic heterocycles. The Morgan fingerprint density at radius 3 is 2.71 bits per heavy atom. The van der Waals surface area contributed by atoms with Crippen LogP contribution in [0.1, 0.15) is 16.8 Å². The van der Waals surface area contributed by atoms with E-state index in [1.165, 1.54) is 18.2 Å². The second-order valence-electron chi connectivity index (χ2n) is 3.27. The van der Waals surface area contributed by atoms with E-state index >= 15 is 0 Å². The van der Waals surface area contributed by atoms with Crippen LogP contribution >= 0.6 is 11.6 Å². The third kappa shape index (κ3) is 1.60. The number of carbonyl (C=O) groups is 1. The summed E-state index contributed by atoms with van der Waals surface area (Å²) in [5, 5.41) is 0.385. The van der Waals surface area contributed by atoms with E-state index in [0.717, 1.165) is 6.42 Å². The number of hydrogen-bond donors (Lipinski definition) is 0. The van der Waals surface area contributed by atoms with Crippen molar-refractivity contribution in [3.63, 3.8) is 0 Å². The van der Waals surface area contributed by atoms with E-state index in [1.807, 2.05) is 0 Å². The van der Waals surface area contributed by atoms with Crippen LogP contribution in [0.3, 0.4) is 0 Å². The molecule has 0 saturated carbocycles. The van der Waals surface area contributed by atoms with Crippen molar-refractivity contribution in [3.05, 3.63) is 34.6 Å². The molecule has 1 aliphatic heterocycles. The van der Waals surface area contributed by atoms with E-state index in [-0.39, 0.29) is 11.5 Å². The van der Waals surface area contributed by atoms with E-state index in [4.69, 9.17) is 11.6 Å². The first-order valence-electron chi connectivity index (χ1n) is 4.43. The summed E-state index contributed by atoms with van der Waals surface area (Å²) in [7, 11) is 0. The normalized spacial score (nSPS) is 15.1. The molecule has 1 saturated heterocycles. The Bertz CT molecular complexity index is 376. The molecule has 2 rings (SSSR count). The van der Waals surface area contributed by atoms with E-state index in [0.29, 0.717) is 18.1 Å². The van der Waals surface area contributed by atoms with Crippen molar-refractivity contribution in [1.82, 2.24) is 4.90 Å². The van der Waals surface area contributed by atoms with Crippen LogP contribution in [0.4, 0.5) is 4.39 Å². The maximum absolute atomic E-state index is 13.2. The number of benzene rings is 1.